The first kappa shape index (κ1) is 19.2. The van der Waals surface area contributed by atoms with Crippen molar-refractivity contribution in [3.05, 3.63) is 12.7 Å². The van der Waals surface area contributed by atoms with Gasteiger partial charge in [0.15, 0.2) is 0 Å². The van der Waals surface area contributed by atoms with Crippen LogP contribution in [0, 0.1) is 5.92 Å². The first-order valence-electron chi connectivity index (χ1n) is 8.14. The van der Waals surface area contributed by atoms with E-state index in [4.69, 9.17) is 4.74 Å². The van der Waals surface area contributed by atoms with Crippen molar-refractivity contribution in [3.63, 3.8) is 0 Å². The van der Waals surface area contributed by atoms with Gasteiger partial charge in [0, 0.05) is 32.0 Å². The van der Waals surface area contributed by atoms with Gasteiger partial charge in [-0.25, -0.2) is 0 Å². The Morgan fingerprint density at radius 2 is 1.87 bits per heavy atom. The largest absolute Gasteiger partial charge is 0.460 e. The van der Waals surface area contributed by atoms with Crippen molar-refractivity contribution in [3.8, 4) is 0 Å². The fraction of sp³-hybridized carbons (Fsp3) is 0.706. The van der Waals surface area contributed by atoms with E-state index in [1.165, 1.54) is 6.08 Å². The van der Waals surface area contributed by atoms with Crippen LogP contribution in [0.15, 0.2) is 12.7 Å². The summed E-state index contributed by atoms with van der Waals surface area (Å²) in [7, 11) is 0. The van der Waals surface area contributed by atoms with Crippen molar-refractivity contribution in [1.29, 1.82) is 0 Å². The Morgan fingerprint density at radius 3 is 2.39 bits per heavy atom. The Labute approximate surface area is 138 Å². The molecule has 6 heteroatoms. The fourth-order valence-corrected chi connectivity index (χ4v) is 2.47. The number of rotatable bonds is 6. The van der Waals surface area contributed by atoms with E-state index in [0.717, 1.165) is 0 Å². The van der Waals surface area contributed by atoms with Gasteiger partial charge in [0.1, 0.15) is 5.60 Å². The molecule has 0 bridgehead atoms. The summed E-state index contributed by atoms with van der Waals surface area (Å²) in [6.07, 6.45) is 3.49. The predicted octanol–water partition coefficient (Wildman–Crippen LogP) is 1.65. The third-order valence-corrected chi connectivity index (χ3v) is 3.63. The van der Waals surface area contributed by atoms with Crippen LogP contribution in [-0.4, -0.2) is 47.9 Å². The Morgan fingerprint density at radius 1 is 1.26 bits per heavy atom. The van der Waals surface area contributed by atoms with E-state index in [-0.39, 0.29) is 23.7 Å². The van der Waals surface area contributed by atoms with Gasteiger partial charge < -0.3 is 15.0 Å². The van der Waals surface area contributed by atoms with Crippen LogP contribution in [0.3, 0.4) is 0 Å². The molecular weight excluding hydrogens is 296 g/mol. The molecule has 2 amide bonds. The lowest BCUT2D eigenvalue weighted by Crippen LogP contribution is -2.42. The van der Waals surface area contributed by atoms with Gasteiger partial charge in [-0.15, -0.1) is 0 Å². The Hall–Kier alpha value is -1.85. The average molecular weight is 324 g/mol. The smallest absolute Gasteiger partial charge is 0.306 e. The Bertz CT molecular complexity index is 446. The number of carbonyl (C=O) groups excluding carboxylic acids is 3. The molecule has 130 valence electrons. The zero-order valence-electron chi connectivity index (χ0n) is 14.4. The molecule has 0 saturated carbocycles. The van der Waals surface area contributed by atoms with E-state index >= 15 is 0 Å². The van der Waals surface area contributed by atoms with E-state index in [1.807, 2.05) is 20.8 Å². The molecule has 1 aliphatic rings. The van der Waals surface area contributed by atoms with Crippen LogP contribution < -0.4 is 5.32 Å². The summed E-state index contributed by atoms with van der Waals surface area (Å²) < 4.78 is 5.21. The van der Waals surface area contributed by atoms with Crippen LogP contribution in [0.25, 0.3) is 0 Å². The molecule has 0 spiro atoms. The van der Waals surface area contributed by atoms with Crippen molar-refractivity contribution in [2.24, 2.45) is 5.92 Å². The molecule has 0 radical (unpaired) electrons. The van der Waals surface area contributed by atoms with Gasteiger partial charge in [-0.1, -0.05) is 6.58 Å². The van der Waals surface area contributed by atoms with Gasteiger partial charge in [-0.05, 0) is 46.1 Å². The fourth-order valence-electron chi connectivity index (χ4n) is 2.47. The van der Waals surface area contributed by atoms with Crippen LogP contribution in [0.4, 0.5) is 0 Å². The summed E-state index contributed by atoms with van der Waals surface area (Å²) in [6.45, 7) is 10.6. The number of hydrogen-bond acceptors (Lipinski definition) is 4. The standard InChI is InChI=1S/C17H28N2O4/c1-5-14(20)19-11-8-13(9-12-19)16(22)18-10-6-7-15(21)23-17(2,3)4/h5,13H,1,6-12H2,2-4H3,(H,18,22). The first-order chi connectivity index (χ1) is 10.7. The second-order valence-electron chi connectivity index (χ2n) is 6.78. The van der Waals surface area contributed by atoms with E-state index < -0.39 is 5.60 Å². The molecule has 0 aromatic carbocycles. The third-order valence-electron chi connectivity index (χ3n) is 3.63. The molecule has 0 aliphatic carbocycles. The number of amides is 2. The highest BCUT2D eigenvalue weighted by atomic mass is 16.6. The van der Waals surface area contributed by atoms with Crippen LogP contribution in [0.1, 0.15) is 46.5 Å². The number of nitrogens with one attached hydrogen (secondary N) is 1. The number of nitrogens with zero attached hydrogens (tertiary/aromatic N) is 1. The molecule has 0 aromatic rings. The lowest BCUT2D eigenvalue weighted by atomic mass is 9.96. The predicted molar refractivity (Wildman–Crippen MR) is 87.6 cm³/mol. The molecule has 1 aliphatic heterocycles. The van der Waals surface area contributed by atoms with Crippen LogP contribution >= 0.6 is 0 Å². The number of carbonyl (C=O) groups is 3. The Balaban J connectivity index is 2.19. The van der Waals surface area contributed by atoms with Crippen LogP contribution in [-0.2, 0) is 19.1 Å². The van der Waals surface area contributed by atoms with Gasteiger partial charge in [0.2, 0.25) is 11.8 Å². The maximum Gasteiger partial charge on any atom is 0.306 e. The second kappa shape index (κ2) is 8.70. The van der Waals surface area contributed by atoms with Gasteiger partial charge in [-0.3, -0.25) is 14.4 Å². The zero-order chi connectivity index (χ0) is 17.5. The SMILES string of the molecule is C=CC(=O)N1CCC(C(=O)NCCCC(=O)OC(C)(C)C)CC1. The van der Waals surface area contributed by atoms with Gasteiger partial charge in [0.05, 0.1) is 0 Å². The lowest BCUT2D eigenvalue weighted by molar-refractivity contribution is -0.155. The van der Waals surface area contributed by atoms with Gasteiger partial charge >= 0.3 is 5.97 Å². The summed E-state index contributed by atoms with van der Waals surface area (Å²) in [4.78, 5) is 36.8. The van der Waals surface area contributed by atoms with Crippen LogP contribution in [0.5, 0.6) is 0 Å². The first-order valence-corrected chi connectivity index (χ1v) is 8.14. The van der Waals surface area contributed by atoms with Crippen molar-refractivity contribution in [1.82, 2.24) is 10.2 Å². The van der Waals surface area contributed by atoms with Crippen molar-refractivity contribution in [2.75, 3.05) is 19.6 Å². The van der Waals surface area contributed by atoms with Crippen LogP contribution in [0.2, 0.25) is 0 Å². The molecule has 0 aromatic heterocycles. The monoisotopic (exact) mass is 324 g/mol. The van der Waals surface area contributed by atoms with E-state index in [2.05, 4.69) is 11.9 Å². The Kier molecular flexibility index (Phi) is 7.26. The van der Waals surface area contributed by atoms with E-state index in [9.17, 15) is 14.4 Å². The molecular formula is C17H28N2O4. The summed E-state index contributed by atoms with van der Waals surface area (Å²) >= 11 is 0. The molecule has 0 atom stereocenters. The quantitative estimate of drug-likeness (QED) is 0.458. The van der Waals surface area contributed by atoms with E-state index in [1.54, 1.807) is 4.90 Å². The molecule has 1 N–H and O–H groups in total. The number of esters is 1. The van der Waals surface area contributed by atoms with Crippen molar-refractivity contribution in [2.45, 2.75) is 52.1 Å². The molecule has 0 unspecified atom stereocenters. The molecule has 1 rings (SSSR count). The minimum Gasteiger partial charge on any atom is -0.460 e. The summed E-state index contributed by atoms with van der Waals surface area (Å²) in [6, 6.07) is 0. The van der Waals surface area contributed by atoms with Gasteiger partial charge in [0.25, 0.3) is 0 Å². The molecule has 23 heavy (non-hydrogen) atoms. The molecule has 1 heterocycles. The summed E-state index contributed by atoms with van der Waals surface area (Å²) in [5.74, 6) is -0.394. The number of ether oxygens (including phenoxy) is 1. The van der Waals surface area contributed by atoms with Crippen molar-refractivity contribution < 1.29 is 19.1 Å². The molecule has 1 fully saturated rings. The maximum absolute atomic E-state index is 12.1. The lowest BCUT2D eigenvalue weighted by Gasteiger charge is -2.30. The average Bonchev–Trinajstić information content (AvgIpc) is 2.49. The zero-order valence-corrected chi connectivity index (χ0v) is 14.4. The number of piperidine rings is 1. The topological polar surface area (TPSA) is 75.7 Å². The summed E-state index contributed by atoms with van der Waals surface area (Å²) in [5.41, 5.74) is -0.475. The minimum atomic E-state index is -0.475. The number of hydrogen-bond donors (Lipinski definition) is 1. The molecule has 6 nitrogen and oxygen atoms in total. The third kappa shape index (κ3) is 7.30. The number of likely N-dealkylation sites (tertiary alicyclic amines) is 1. The highest BCUT2D eigenvalue weighted by Gasteiger charge is 2.26. The maximum atomic E-state index is 12.1. The highest BCUT2D eigenvalue weighted by Crippen LogP contribution is 2.17. The van der Waals surface area contributed by atoms with E-state index in [0.29, 0.717) is 45.3 Å². The summed E-state index contributed by atoms with van der Waals surface area (Å²) in [5, 5.41) is 2.86. The van der Waals surface area contributed by atoms with Gasteiger partial charge in [-0.2, -0.15) is 0 Å². The normalized spacial score (nSPS) is 15.9. The molecule has 1 saturated heterocycles. The highest BCUT2D eigenvalue weighted by molar-refractivity contribution is 5.87. The minimum absolute atomic E-state index is 0.000101. The van der Waals surface area contributed by atoms with Crippen molar-refractivity contribution >= 4 is 17.8 Å². The second-order valence-corrected chi connectivity index (χ2v) is 6.78.